The molecule has 0 aromatic rings. The first-order valence-corrected chi connectivity index (χ1v) is 7.29. The highest BCUT2D eigenvalue weighted by Crippen LogP contribution is 2.39. The van der Waals surface area contributed by atoms with E-state index in [4.69, 9.17) is 0 Å². The second-order valence-corrected chi connectivity index (χ2v) is 6.09. The van der Waals surface area contributed by atoms with Crippen molar-refractivity contribution in [2.75, 3.05) is 0 Å². The summed E-state index contributed by atoms with van der Waals surface area (Å²) in [7, 11) is 0. The first-order chi connectivity index (χ1) is 8.74. The second-order valence-electron chi connectivity index (χ2n) is 6.09. The maximum Gasteiger partial charge on any atom is 0.123 e. The van der Waals surface area contributed by atoms with Gasteiger partial charge in [0.1, 0.15) is 18.7 Å². The first kappa shape index (κ1) is 13.7. The van der Waals surface area contributed by atoms with Crippen molar-refractivity contribution in [3.05, 3.63) is 0 Å². The minimum atomic E-state index is -0.810. The molecule has 3 heteroatoms. The topological polar surface area (TPSA) is 34.1 Å². The largest absolute Gasteiger partial charge is 0.303 e. The van der Waals surface area contributed by atoms with E-state index < -0.39 is 6.17 Å². The molecule has 0 amide bonds. The lowest BCUT2D eigenvalue weighted by Crippen LogP contribution is -2.33. The van der Waals surface area contributed by atoms with E-state index in [1.807, 2.05) is 0 Å². The number of aldehydes is 2. The van der Waals surface area contributed by atoms with Gasteiger partial charge in [-0.05, 0) is 50.4 Å². The third kappa shape index (κ3) is 3.18. The fourth-order valence-corrected chi connectivity index (χ4v) is 3.74. The lowest BCUT2D eigenvalue weighted by Gasteiger charge is -2.35. The summed E-state index contributed by atoms with van der Waals surface area (Å²) in [6, 6.07) is 0. The molecule has 2 fully saturated rings. The van der Waals surface area contributed by atoms with Gasteiger partial charge in [-0.25, -0.2) is 4.39 Å². The number of carbonyl (C=O) groups excluding carboxylic acids is 2. The summed E-state index contributed by atoms with van der Waals surface area (Å²) in [5.74, 6) is 0.216. The Morgan fingerprint density at radius 1 is 0.833 bits per heavy atom. The van der Waals surface area contributed by atoms with Crippen molar-refractivity contribution in [1.29, 1.82) is 0 Å². The predicted molar refractivity (Wildman–Crippen MR) is 67.9 cm³/mol. The van der Waals surface area contributed by atoms with Gasteiger partial charge < -0.3 is 9.59 Å². The lowest BCUT2D eigenvalue weighted by atomic mass is 9.71. The molecule has 0 N–H and O–H groups in total. The van der Waals surface area contributed by atoms with Crippen LogP contribution in [0.2, 0.25) is 0 Å². The van der Waals surface area contributed by atoms with Crippen LogP contribution in [0.4, 0.5) is 4.39 Å². The van der Waals surface area contributed by atoms with E-state index in [0.717, 1.165) is 51.1 Å². The maximum atomic E-state index is 14.6. The van der Waals surface area contributed by atoms with Gasteiger partial charge in [-0.1, -0.05) is 12.8 Å². The molecule has 2 aliphatic carbocycles. The highest BCUT2D eigenvalue weighted by atomic mass is 19.1. The van der Waals surface area contributed by atoms with E-state index in [2.05, 4.69) is 0 Å². The molecule has 2 aliphatic rings. The van der Waals surface area contributed by atoms with Crippen molar-refractivity contribution in [3.63, 3.8) is 0 Å². The average Bonchev–Trinajstić information content (AvgIpc) is 2.46. The average molecular weight is 254 g/mol. The summed E-state index contributed by atoms with van der Waals surface area (Å²) in [5.41, 5.74) is 0. The van der Waals surface area contributed by atoms with E-state index in [9.17, 15) is 14.0 Å². The van der Waals surface area contributed by atoms with Crippen LogP contribution >= 0.6 is 0 Å². The normalized spacial score (nSPS) is 38.9. The molecule has 2 nitrogen and oxygen atoms in total. The second kappa shape index (κ2) is 6.44. The zero-order valence-electron chi connectivity index (χ0n) is 10.9. The number of hydrogen-bond acceptors (Lipinski definition) is 2. The van der Waals surface area contributed by atoms with Crippen LogP contribution in [0.15, 0.2) is 0 Å². The molecule has 0 aliphatic heterocycles. The van der Waals surface area contributed by atoms with Crippen molar-refractivity contribution < 1.29 is 14.0 Å². The summed E-state index contributed by atoms with van der Waals surface area (Å²) < 4.78 is 14.6. The maximum absolute atomic E-state index is 14.6. The summed E-state index contributed by atoms with van der Waals surface area (Å²) in [6.45, 7) is 0. The smallest absolute Gasteiger partial charge is 0.123 e. The molecule has 18 heavy (non-hydrogen) atoms. The minimum Gasteiger partial charge on any atom is -0.303 e. The van der Waals surface area contributed by atoms with Crippen LogP contribution < -0.4 is 0 Å². The van der Waals surface area contributed by atoms with Crippen LogP contribution in [-0.2, 0) is 9.59 Å². The molecule has 4 unspecified atom stereocenters. The Morgan fingerprint density at radius 2 is 1.28 bits per heavy atom. The molecule has 0 bridgehead atoms. The number of hydrogen-bond donors (Lipinski definition) is 0. The van der Waals surface area contributed by atoms with E-state index in [1.165, 1.54) is 0 Å². The van der Waals surface area contributed by atoms with Crippen LogP contribution in [0.3, 0.4) is 0 Å². The predicted octanol–water partition coefficient (Wildman–Crippen LogP) is 3.34. The summed E-state index contributed by atoms with van der Waals surface area (Å²) in [4.78, 5) is 21.7. The molecule has 2 rings (SSSR count). The van der Waals surface area contributed by atoms with Crippen LogP contribution in [0.5, 0.6) is 0 Å². The molecule has 4 atom stereocenters. The van der Waals surface area contributed by atoms with Gasteiger partial charge in [0.2, 0.25) is 0 Å². The number of rotatable bonds is 4. The van der Waals surface area contributed by atoms with E-state index in [1.54, 1.807) is 0 Å². The van der Waals surface area contributed by atoms with Gasteiger partial charge in [0.05, 0.1) is 0 Å². The molecule has 0 aromatic heterocycles. The summed E-state index contributed by atoms with van der Waals surface area (Å²) >= 11 is 0. The molecule has 0 aromatic carbocycles. The molecule has 0 heterocycles. The Hall–Kier alpha value is -0.730. The zero-order valence-corrected chi connectivity index (χ0v) is 10.9. The summed E-state index contributed by atoms with van der Waals surface area (Å²) in [5, 5.41) is 0. The van der Waals surface area contributed by atoms with Crippen LogP contribution in [-0.4, -0.2) is 18.7 Å². The van der Waals surface area contributed by atoms with Gasteiger partial charge in [0, 0.05) is 11.8 Å². The SMILES string of the molecule is O=CC1CCCC(C(F)C2CCCC(C=O)C2)C1. The number of alkyl halides is 1. The van der Waals surface area contributed by atoms with Crippen molar-refractivity contribution in [1.82, 2.24) is 0 Å². The number of carbonyl (C=O) groups is 2. The Labute approximate surface area is 108 Å². The zero-order chi connectivity index (χ0) is 13.0. The number of halogens is 1. The Bertz CT molecular complexity index is 264. The Kier molecular flexibility index (Phi) is 4.90. The van der Waals surface area contributed by atoms with Crippen LogP contribution in [0.25, 0.3) is 0 Å². The molecular formula is C15H23FO2. The third-order valence-corrected chi connectivity index (χ3v) is 4.80. The van der Waals surface area contributed by atoms with Gasteiger partial charge in [0.15, 0.2) is 0 Å². The van der Waals surface area contributed by atoms with Gasteiger partial charge >= 0.3 is 0 Å². The van der Waals surface area contributed by atoms with E-state index in [-0.39, 0.29) is 23.7 Å². The van der Waals surface area contributed by atoms with E-state index in [0.29, 0.717) is 12.8 Å². The van der Waals surface area contributed by atoms with Crippen LogP contribution in [0, 0.1) is 23.7 Å². The van der Waals surface area contributed by atoms with Gasteiger partial charge in [-0.2, -0.15) is 0 Å². The molecule has 0 saturated heterocycles. The van der Waals surface area contributed by atoms with Crippen molar-refractivity contribution in [3.8, 4) is 0 Å². The highest BCUT2D eigenvalue weighted by molar-refractivity contribution is 5.54. The molecule has 0 spiro atoms. The molecular weight excluding hydrogens is 231 g/mol. The molecule has 102 valence electrons. The van der Waals surface area contributed by atoms with Crippen molar-refractivity contribution >= 4 is 12.6 Å². The van der Waals surface area contributed by atoms with Crippen LogP contribution in [0.1, 0.15) is 51.4 Å². The van der Waals surface area contributed by atoms with Gasteiger partial charge in [-0.15, -0.1) is 0 Å². The fraction of sp³-hybridized carbons (Fsp3) is 0.867. The fourth-order valence-electron chi connectivity index (χ4n) is 3.74. The minimum absolute atomic E-state index is 0.0457. The molecule has 0 radical (unpaired) electrons. The Balaban J connectivity index is 1.91. The highest BCUT2D eigenvalue weighted by Gasteiger charge is 2.35. The van der Waals surface area contributed by atoms with Gasteiger partial charge in [0.25, 0.3) is 0 Å². The van der Waals surface area contributed by atoms with Gasteiger partial charge in [-0.3, -0.25) is 0 Å². The quantitative estimate of drug-likeness (QED) is 0.721. The lowest BCUT2D eigenvalue weighted by molar-refractivity contribution is -0.113. The summed E-state index contributed by atoms with van der Waals surface area (Å²) in [6.07, 6.45) is 8.22. The third-order valence-electron chi connectivity index (χ3n) is 4.80. The monoisotopic (exact) mass is 254 g/mol. The first-order valence-electron chi connectivity index (χ1n) is 7.29. The van der Waals surface area contributed by atoms with Crippen molar-refractivity contribution in [2.45, 2.75) is 57.5 Å². The Morgan fingerprint density at radius 3 is 1.67 bits per heavy atom. The standard InChI is InChI=1S/C15H23FO2/c16-15(13-5-1-3-11(7-13)9-17)14-6-2-4-12(8-14)10-18/h9-15H,1-8H2. The van der Waals surface area contributed by atoms with Crippen molar-refractivity contribution in [2.24, 2.45) is 23.7 Å². The van der Waals surface area contributed by atoms with E-state index >= 15 is 0 Å². The molecule has 2 saturated carbocycles.